The van der Waals surface area contributed by atoms with Crippen LogP contribution in [-0.4, -0.2) is 26.4 Å². The van der Waals surface area contributed by atoms with Crippen LogP contribution in [0.4, 0.5) is 0 Å². The topological polar surface area (TPSA) is 71.1 Å². The maximum atomic E-state index is 13.2. The Bertz CT molecular complexity index is 550. The fourth-order valence-corrected chi connectivity index (χ4v) is 12.8. The van der Waals surface area contributed by atoms with E-state index in [1.165, 1.54) is 11.3 Å². The van der Waals surface area contributed by atoms with E-state index >= 15 is 0 Å². The van der Waals surface area contributed by atoms with E-state index in [0.717, 1.165) is 0 Å². The van der Waals surface area contributed by atoms with Crippen molar-refractivity contribution in [1.29, 1.82) is 0 Å². The Labute approximate surface area is 168 Å². The Morgan fingerprint density at radius 2 is 1.00 bits per heavy atom. The SMILES string of the molecule is CCOP(=O)(OCC)c1c(I)sc(I)c1P(=O)(OCC)OCC. The first-order valence-electron chi connectivity index (χ1n) is 7.06. The van der Waals surface area contributed by atoms with Crippen LogP contribution in [-0.2, 0) is 27.2 Å². The zero-order valence-corrected chi connectivity index (χ0v) is 20.3. The van der Waals surface area contributed by atoms with Crippen molar-refractivity contribution in [1.82, 2.24) is 0 Å². The van der Waals surface area contributed by atoms with Gasteiger partial charge in [-0.25, -0.2) is 0 Å². The van der Waals surface area contributed by atoms with Crippen molar-refractivity contribution in [2.24, 2.45) is 0 Å². The minimum Gasteiger partial charge on any atom is -0.305 e. The normalized spacial score (nSPS) is 12.8. The van der Waals surface area contributed by atoms with Gasteiger partial charge in [0.15, 0.2) is 0 Å². The Kier molecular flexibility index (Phi) is 9.75. The third kappa shape index (κ3) is 5.23. The van der Waals surface area contributed by atoms with Crippen LogP contribution in [0.3, 0.4) is 0 Å². The molecule has 0 bridgehead atoms. The van der Waals surface area contributed by atoms with E-state index in [1.54, 1.807) is 27.7 Å². The quantitative estimate of drug-likeness (QED) is 0.283. The zero-order chi connectivity index (χ0) is 17.7. The van der Waals surface area contributed by atoms with Gasteiger partial charge in [0.05, 0.1) is 32.2 Å². The Balaban J connectivity index is 3.62. The van der Waals surface area contributed by atoms with Gasteiger partial charge < -0.3 is 18.1 Å². The Morgan fingerprint density at radius 3 is 1.22 bits per heavy atom. The molecule has 0 radical (unpaired) electrons. The van der Waals surface area contributed by atoms with Gasteiger partial charge in [-0.05, 0) is 72.9 Å². The summed E-state index contributed by atoms with van der Waals surface area (Å²) in [6, 6.07) is 0. The van der Waals surface area contributed by atoms with Crippen molar-refractivity contribution in [3.05, 3.63) is 5.77 Å². The highest BCUT2D eigenvalue weighted by Gasteiger charge is 2.44. The highest BCUT2D eigenvalue weighted by molar-refractivity contribution is 14.1. The smallest absolute Gasteiger partial charge is 0.305 e. The average Bonchev–Trinajstić information content (AvgIpc) is 2.75. The standard InChI is InChI=1S/C12H20I2O6P2S/c1-5-17-21(15,18-6-2)9-10(12(14)23-11(9)13)22(16,19-7-3)20-8-4/h5-8H2,1-4H3. The first-order valence-corrected chi connectivity index (χ1v) is 13.1. The van der Waals surface area contributed by atoms with E-state index in [4.69, 9.17) is 18.1 Å². The maximum Gasteiger partial charge on any atom is 0.364 e. The molecule has 0 unspecified atom stereocenters. The third-order valence-corrected chi connectivity index (χ3v) is 11.4. The summed E-state index contributed by atoms with van der Waals surface area (Å²) in [7, 11) is -7.21. The highest BCUT2D eigenvalue weighted by atomic mass is 127. The Hall–Kier alpha value is 1.46. The summed E-state index contributed by atoms with van der Waals surface area (Å²) in [5, 5.41) is 0.614. The van der Waals surface area contributed by atoms with Crippen LogP contribution >= 0.6 is 71.7 Å². The molecule has 0 aliphatic carbocycles. The van der Waals surface area contributed by atoms with Crippen molar-refractivity contribution in [2.75, 3.05) is 26.4 Å². The lowest BCUT2D eigenvalue weighted by Gasteiger charge is -2.22. The van der Waals surface area contributed by atoms with Crippen molar-refractivity contribution in [3.8, 4) is 0 Å². The van der Waals surface area contributed by atoms with Crippen molar-refractivity contribution in [2.45, 2.75) is 27.7 Å². The molecule has 0 saturated heterocycles. The predicted molar refractivity (Wildman–Crippen MR) is 111 cm³/mol. The number of thiophene rings is 1. The average molecular weight is 608 g/mol. The predicted octanol–water partition coefficient (Wildman–Crippen LogP) is 4.74. The van der Waals surface area contributed by atoms with E-state index in [2.05, 4.69) is 45.2 Å². The number of halogens is 2. The summed E-state index contributed by atoms with van der Waals surface area (Å²) >= 11 is 5.48. The number of rotatable bonds is 10. The van der Waals surface area contributed by atoms with E-state index in [9.17, 15) is 9.13 Å². The molecule has 0 aromatic carbocycles. The van der Waals surface area contributed by atoms with E-state index in [0.29, 0.717) is 16.4 Å². The monoisotopic (exact) mass is 608 g/mol. The molecule has 0 amide bonds. The molecule has 0 atom stereocenters. The molecule has 1 aromatic rings. The van der Waals surface area contributed by atoms with Crippen LogP contribution in [0.25, 0.3) is 0 Å². The highest BCUT2D eigenvalue weighted by Crippen LogP contribution is 2.55. The molecule has 0 aliphatic rings. The fraction of sp³-hybridized carbons (Fsp3) is 0.667. The molecule has 0 spiro atoms. The third-order valence-electron chi connectivity index (χ3n) is 2.52. The van der Waals surface area contributed by atoms with Gasteiger partial charge in [0.1, 0.15) is 10.6 Å². The van der Waals surface area contributed by atoms with Crippen LogP contribution in [0.5, 0.6) is 0 Å². The number of hydrogen-bond donors (Lipinski definition) is 0. The zero-order valence-electron chi connectivity index (χ0n) is 13.3. The lowest BCUT2D eigenvalue weighted by atomic mass is 10.7. The van der Waals surface area contributed by atoms with Crippen molar-refractivity contribution < 1.29 is 27.2 Å². The molecule has 6 nitrogen and oxygen atoms in total. The molecule has 134 valence electrons. The first kappa shape index (κ1) is 22.5. The minimum atomic E-state index is -3.60. The molecule has 0 fully saturated rings. The molecular formula is C12H20I2O6P2S. The first-order chi connectivity index (χ1) is 10.8. The molecule has 0 aliphatic heterocycles. The summed E-state index contributed by atoms with van der Waals surface area (Å²) in [5.41, 5.74) is 0. The number of hydrogen-bond acceptors (Lipinski definition) is 7. The van der Waals surface area contributed by atoms with Crippen LogP contribution in [0.1, 0.15) is 27.7 Å². The van der Waals surface area contributed by atoms with Gasteiger partial charge in [0.25, 0.3) is 0 Å². The lowest BCUT2D eigenvalue weighted by molar-refractivity contribution is 0.226. The van der Waals surface area contributed by atoms with Crippen molar-refractivity contribution >= 4 is 82.3 Å². The van der Waals surface area contributed by atoms with Gasteiger partial charge >= 0.3 is 15.2 Å². The molecular weight excluding hydrogens is 588 g/mol. The second kappa shape index (κ2) is 9.97. The van der Waals surface area contributed by atoms with Gasteiger partial charge in [0, 0.05) is 0 Å². The summed E-state index contributed by atoms with van der Waals surface area (Å²) in [6.07, 6.45) is 0. The summed E-state index contributed by atoms with van der Waals surface area (Å²) in [6.45, 7) is 7.81. The van der Waals surface area contributed by atoms with Crippen LogP contribution < -0.4 is 10.6 Å². The lowest BCUT2D eigenvalue weighted by Crippen LogP contribution is -2.29. The van der Waals surface area contributed by atoms with Crippen molar-refractivity contribution in [3.63, 3.8) is 0 Å². The second-order valence-electron chi connectivity index (χ2n) is 4.01. The van der Waals surface area contributed by atoms with E-state index < -0.39 is 15.2 Å². The summed E-state index contributed by atoms with van der Waals surface area (Å²) in [5.74, 6) is 0. The van der Waals surface area contributed by atoms with Gasteiger partial charge in [0.2, 0.25) is 0 Å². The largest absolute Gasteiger partial charge is 0.364 e. The summed E-state index contributed by atoms with van der Waals surface area (Å²) < 4.78 is 49.7. The van der Waals surface area contributed by atoms with E-state index in [-0.39, 0.29) is 26.4 Å². The summed E-state index contributed by atoms with van der Waals surface area (Å²) in [4.78, 5) is 0. The molecule has 0 saturated carbocycles. The van der Waals surface area contributed by atoms with Crippen LogP contribution in [0.15, 0.2) is 0 Å². The molecule has 0 N–H and O–H groups in total. The fourth-order valence-electron chi connectivity index (χ4n) is 1.85. The van der Waals surface area contributed by atoms with Gasteiger partial charge in [-0.2, -0.15) is 0 Å². The van der Waals surface area contributed by atoms with Gasteiger partial charge in [-0.1, -0.05) is 0 Å². The van der Waals surface area contributed by atoms with Gasteiger partial charge in [-0.15, -0.1) is 11.3 Å². The maximum absolute atomic E-state index is 13.2. The molecule has 1 rings (SSSR count). The van der Waals surface area contributed by atoms with Gasteiger partial charge in [-0.3, -0.25) is 9.13 Å². The second-order valence-corrected chi connectivity index (χ2v) is 12.6. The van der Waals surface area contributed by atoms with E-state index in [1.807, 2.05) is 0 Å². The Morgan fingerprint density at radius 1 is 0.739 bits per heavy atom. The minimum absolute atomic E-state index is 0.215. The molecule has 23 heavy (non-hydrogen) atoms. The molecule has 1 aromatic heterocycles. The molecule has 1 heterocycles. The molecule has 11 heteroatoms. The van der Waals surface area contributed by atoms with Crippen LogP contribution in [0, 0.1) is 5.77 Å². The van der Waals surface area contributed by atoms with Crippen LogP contribution in [0.2, 0.25) is 0 Å².